The number of nitrogens with two attached hydrogens (primary N) is 1. The highest BCUT2D eigenvalue weighted by atomic mass is 32.1. The molecule has 0 saturated heterocycles. The van der Waals surface area contributed by atoms with Crippen molar-refractivity contribution < 1.29 is 0 Å². The number of nitrogen functional groups attached to an aromatic ring is 1. The molecule has 6 nitrogen and oxygen atoms in total. The number of fused-ring (bicyclic) bond motifs is 1. The zero-order valence-corrected chi connectivity index (χ0v) is 12.5. The lowest BCUT2D eigenvalue weighted by Gasteiger charge is -2.16. The summed E-state index contributed by atoms with van der Waals surface area (Å²) < 4.78 is 0. The number of thiophene rings is 1. The minimum Gasteiger partial charge on any atom is -0.308 e. The van der Waals surface area contributed by atoms with Gasteiger partial charge in [0.25, 0.3) is 0 Å². The van der Waals surface area contributed by atoms with E-state index >= 15 is 0 Å². The number of hydrazine groups is 1. The number of hydrogen-bond acceptors (Lipinski definition) is 7. The van der Waals surface area contributed by atoms with E-state index in [0.717, 1.165) is 22.6 Å². The minimum atomic E-state index is 0.658. The Morgan fingerprint density at radius 1 is 1.19 bits per heavy atom. The average Bonchev–Trinajstić information content (AvgIpc) is 2.95. The molecule has 3 aromatic rings. The third-order valence-electron chi connectivity index (χ3n) is 3.12. The van der Waals surface area contributed by atoms with E-state index in [0.29, 0.717) is 12.4 Å². The number of rotatable bonds is 5. The SMILES string of the molecule is CN(Cc1ccncc1)Cc1nc(NN)c2ccsc2n1. The zero-order valence-electron chi connectivity index (χ0n) is 11.7. The maximum absolute atomic E-state index is 5.54. The van der Waals surface area contributed by atoms with Gasteiger partial charge in [0.05, 0.1) is 11.9 Å². The molecular weight excluding hydrogens is 284 g/mol. The van der Waals surface area contributed by atoms with E-state index in [2.05, 4.69) is 25.3 Å². The number of pyridine rings is 1. The van der Waals surface area contributed by atoms with Crippen LogP contribution in [0.15, 0.2) is 36.0 Å². The first kappa shape index (κ1) is 13.9. The number of aromatic nitrogens is 3. The van der Waals surface area contributed by atoms with Crippen molar-refractivity contribution in [3.05, 3.63) is 47.4 Å². The fraction of sp³-hybridized carbons (Fsp3) is 0.214. The van der Waals surface area contributed by atoms with Crippen molar-refractivity contribution in [1.82, 2.24) is 19.9 Å². The molecule has 3 rings (SSSR count). The highest BCUT2D eigenvalue weighted by Gasteiger charge is 2.10. The summed E-state index contributed by atoms with van der Waals surface area (Å²) in [6.07, 6.45) is 3.60. The Labute approximate surface area is 126 Å². The largest absolute Gasteiger partial charge is 0.308 e. The van der Waals surface area contributed by atoms with Gasteiger partial charge in [0, 0.05) is 18.9 Å². The summed E-state index contributed by atoms with van der Waals surface area (Å²) >= 11 is 1.59. The zero-order chi connectivity index (χ0) is 14.7. The Morgan fingerprint density at radius 3 is 2.76 bits per heavy atom. The van der Waals surface area contributed by atoms with Gasteiger partial charge in [-0.2, -0.15) is 0 Å². The normalized spacial score (nSPS) is 11.2. The van der Waals surface area contributed by atoms with Crippen LogP contribution in [-0.4, -0.2) is 26.9 Å². The first-order valence-electron chi connectivity index (χ1n) is 6.54. The van der Waals surface area contributed by atoms with Crippen LogP contribution in [0.25, 0.3) is 10.2 Å². The van der Waals surface area contributed by atoms with E-state index in [1.165, 1.54) is 5.56 Å². The van der Waals surface area contributed by atoms with Crippen LogP contribution in [0.3, 0.4) is 0 Å². The van der Waals surface area contributed by atoms with Crippen molar-refractivity contribution in [1.29, 1.82) is 0 Å². The predicted molar refractivity (Wildman–Crippen MR) is 84.6 cm³/mol. The van der Waals surface area contributed by atoms with Gasteiger partial charge in [-0.05, 0) is 36.2 Å². The van der Waals surface area contributed by atoms with Gasteiger partial charge in [-0.1, -0.05) is 0 Å². The third-order valence-corrected chi connectivity index (χ3v) is 3.93. The maximum atomic E-state index is 5.54. The van der Waals surface area contributed by atoms with Gasteiger partial charge < -0.3 is 5.43 Å². The Hall–Kier alpha value is -2.09. The summed E-state index contributed by atoms with van der Waals surface area (Å²) in [6, 6.07) is 5.99. The summed E-state index contributed by atoms with van der Waals surface area (Å²) in [5, 5.41) is 2.95. The van der Waals surface area contributed by atoms with Crippen LogP contribution in [0.4, 0.5) is 5.82 Å². The van der Waals surface area contributed by atoms with Crippen molar-refractivity contribution in [2.75, 3.05) is 12.5 Å². The Balaban J connectivity index is 1.78. The smallest absolute Gasteiger partial charge is 0.152 e. The van der Waals surface area contributed by atoms with Crippen LogP contribution in [0, 0.1) is 0 Å². The number of anilines is 1. The summed E-state index contributed by atoms with van der Waals surface area (Å²) in [7, 11) is 2.04. The van der Waals surface area contributed by atoms with Gasteiger partial charge in [-0.3, -0.25) is 9.88 Å². The number of hydrogen-bond donors (Lipinski definition) is 2. The van der Waals surface area contributed by atoms with E-state index in [1.54, 1.807) is 23.7 Å². The van der Waals surface area contributed by atoms with E-state index < -0.39 is 0 Å². The molecule has 21 heavy (non-hydrogen) atoms. The van der Waals surface area contributed by atoms with Gasteiger partial charge in [-0.25, -0.2) is 15.8 Å². The molecule has 0 fully saturated rings. The summed E-state index contributed by atoms with van der Waals surface area (Å²) in [5.74, 6) is 6.98. The molecular formula is C14H16N6S. The fourth-order valence-electron chi connectivity index (χ4n) is 2.18. The van der Waals surface area contributed by atoms with Crippen LogP contribution >= 0.6 is 11.3 Å². The number of nitrogens with one attached hydrogen (secondary N) is 1. The monoisotopic (exact) mass is 300 g/mol. The van der Waals surface area contributed by atoms with Gasteiger partial charge in [0.1, 0.15) is 10.7 Å². The molecule has 0 aliphatic carbocycles. The molecule has 0 spiro atoms. The van der Waals surface area contributed by atoms with Crippen molar-refractivity contribution in [3.63, 3.8) is 0 Å². The molecule has 0 radical (unpaired) electrons. The molecule has 0 aromatic carbocycles. The van der Waals surface area contributed by atoms with Crippen molar-refractivity contribution in [2.45, 2.75) is 13.1 Å². The highest BCUT2D eigenvalue weighted by molar-refractivity contribution is 7.16. The van der Waals surface area contributed by atoms with Crippen molar-refractivity contribution in [2.24, 2.45) is 5.84 Å². The summed E-state index contributed by atoms with van der Waals surface area (Å²) in [5.41, 5.74) is 3.86. The molecule has 0 aliphatic heterocycles. The average molecular weight is 300 g/mol. The van der Waals surface area contributed by atoms with E-state index in [1.807, 2.05) is 30.6 Å². The highest BCUT2D eigenvalue weighted by Crippen LogP contribution is 2.24. The van der Waals surface area contributed by atoms with E-state index in [4.69, 9.17) is 5.84 Å². The summed E-state index contributed by atoms with van der Waals surface area (Å²) in [4.78, 5) is 16.2. The van der Waals surface area contributed by atoms with Gasteiger partial charge in [0.2, 0.25) is 0 Å². The minimum absolute atomic E-state index is 0.658. The molecule has 0 saturated carbocycles. The van der Waals surface area contributed by atoms with Crippen LogP contribution in [0.1, 0.15) is 11.4 Å². The van der Waals surface area contributed by atoms with Gasteiger partial charge in [0.15, 0.2) is 5.82 Å². The third kappa shape index (κ3) is 3.15. The maximum Gasteiger partial charge on any atom is 0.152 e. The van der Waals surface area contributed by atoms with Crippen LogP contribution < -0.4 is 11.3 Å². The van der Waals surface area contributed by atoms with Crippen molar-refractivity contribution in [3.8, 4) is 0 Å². The molecule has 3 aromatic heterocycles. The first-order valence-corrected chi connectivity index (χ1v) is 7.42. The Bertz CT molecular complexity index is 727. The molecule has 0 amide bonds. The van der Waals surface area contributed by atoms with Gasteiger partial charge >= 0.3 is 0 Å². The van der Waals surface area contributed by atoms with Crippen LogP contribution in [0.5, 0.6) is 0 Å². The lowest BCUT2D eigenvalue weighted by Crippen LogP contribution is -2.20. The Morgan fingerprint density at radius 2 is 2.00 bits per heavy atom. The molecule has 7 heteroatoms. The van der Waals surface area contributed by atoms with E-state index in [-0.39, 0.29) is 0 Å². The number of nitrogens with zero attached hydrogens (tertiary/aromatic N) is 4. The molecule has 3 heterocycles. The van der Waals surface area contributed by atoms with Crippen LogP contribution in [-0.2, 0) is 13.1 Å². The lowest BCUT2D eigenvalue weighted by atomic mass is 10.2. The van der Waals surface area contributed by atoms with Gasteiger partial charge in [-0.15, -0.1) is 11.3 Å². The first-order chi connectivity index (χ1) is 10.3. The quantitative estimate of drug-likeness (QED) is 0.554. The predicted octanol–water partition coefficient (Wildman–Crippen LogP) is 2.00. The topological polar surface area (TPSA) is 80.0 Å². The van der Waals surface area contributed by atoms with Crippen molar-refractivity contribution >= 4 is 27.4 Å². The summed E-state index contributed by atoms with van der Waals surface area (Å²) in [6.45, 7) is 1.48. The molecule has 0 aliphatic rings. The molecule has 0 atom stereocenters. The second kappa shape index (κ2) is 6.13. The fourth-order valence-corrected chi connectivity index (χ4v) is 2.96. The van der Waals surface area contributed by atoms with Crippen LogP contribution in [0.2, 0.25) is 0 Å². The molecule has 0 unspecified atom stereocenters. The standard InChI is InChI=1S/C14H16N6S/c1-20(8-10-2-5-16-6-3-10)9-12-17-13(19-15)11-4-7-21-14(11)18-12/h2-7H,8-9,15H2,1H3,(H,17,18,19). The molecule has 3 N–H and O–H groups in total. The Kier molecular flexibility index (Phi) is 4.05. The second-order valence-electron chi connectivity index (χ2n) is 4.80. The second-order valence-corrected chi connectivity index (χ2v) is 5.69. The molecule has 108 valence electrons. The molecule has 0 bridgehead atoms. The van der Waals surface area contributed by atoms with E-state index in [9.17, 15) is 0 Å². The lowest BCUT2D eigenvalue weighted by molar-refractivity contribution is 0.311.